The molecule has 0 bridgehead atoms. The van der Waals surface area contributed by atoms with Gasteiger partial charge in [0.15, 0.2) is 0 Å². The molecule has 0 amide bonds. The average molecular weight is 500 g/mol. The number of hydrogen-bond acceptors (Lipinski definition) is 5. The number of aromatic amines is 1. The maximum Gasteiger partial charge on any atom is 0.337 e. The Kier molecular flexibility index (Phi) is 6.34. The van der Waals surface area contributed by atoms with Crippen LogP contribution in [0.2, 0.25) is 0 Å². The number of methoxy groups -OCH3 is 1. The summed E-state index contributed by atoms with van der Waals surface area (Å²) < 4.78 is 12.2. The number of nitrogens with one attached hydrogen (secondary N) is 1. The van der Waals surface area contributed by atoms with Crippen molar-refractivity contribution in [2.24, 2.45) is 5.92 Å². The summed E-state index contributed by atoms with van der Waals surface area (Å²) >= 11 is 0. The van der Waals surface area contributed by atoms with Gasteiger partial charge in [-0.15, -0.1) is 0 Å². The minimum absolute atomic E-state index is 0.0625. The van der Waals surface area contributed by atoms with Crippen LogP contribution in [0.1, 0.15) is 58.8 Å². The average Bonchev–Trinajstić information content (AvgIpc) is 3.61. The molecule has 37 heavy (non-hydrogen) atoms. The molecule has 6 rings (SSSR count). The number of nitrogens with zero attached hydrogens (tertiary/aromatic N) is 2. The number of carboxylic acids is 1. The second-order valence-corrected chi connectivity index (χ2v) is 10.5. The molecule has 7 nitrogen and oxygen atoms in total. The summed E-state index contributed by atoms with van der Waals surface area (Å²) in [6.07, 6.45) is 8.20. The number of fused-ring (bicyclic) bond motifs is 2. The summed E-state index contributed by atoms with van der Waals surface area (Å²) in [4.78, 5) is 22.3. The van der Waals surface area contributed by atoms with Gasteiger partial charge in [-0.3, -0.25) is 9.88 Å². The molecule has 3 heterocycles. The number of H-pyrrole nitrogens is 1. The first-order valence-corrected chi connectivity index (χ1v) is 13.1. The highest BCUT2D eigenvalue weighted by atomic mass is 16.5. The second kappa shape index (κ2) is 9.80. The number of rotatable bonds is 8. The number of hydrogen-bond donors (Lipinski definition) is 2. The van der Waals surface area contributed by atoms with Crippen LogP contribution in [-0.2, 0) is 11.3 Å². The second-order valence-electron chi connectivity index (χ2n) is 10.5. The highest BCUT2D eigenvalue weighted by Crippen LogP contribution is 2.41. The van der Waals surface area contributed by atoms with Crippen LogP contribution in [-0.4, -0.2) is 52.3 Å². The first kappa shape index (κ1) is 23.9. The number of aryl methyl sites for hydroxylation is 1. The van der Waals surface area contributed by atoms with E-state index in [1.54, 1.807) is 19.4 Å². The number of carboxylic acid groups (broad SMARTS) is 1. The summed E-state index contributed by atoms with van der Waals surface area (Å²) in [5.74, 6) is 0.652. The van der Waals surface area contributed by atoms with Crippen molar-refractivity contribution in [3.05, 3.63) is 71.0 Å². The number of piperidine rings is 1. The Balaban J connectivity index is 1.41. The molecule has 7 heteroatoms. The fraction of sp³-hybridized carbons (Fsp3) is 0.400. The lowest BCUT2D eigenvalue weighted by Crippen LogP contribution is -2.39. The summed E-state index contributed by atoms with van der Waals surface area (Å²) in [7, 11) is 1.73. The molecule has 1 saturated carbocycles. The third kappa shape index (κ3) is 4.58. The van der Waals surface area contributed by atoms with Gasteiger partial charge in [0.2, 0.25) is 0 Å². The van der Waals surface area contributed by atoms with E-state index in [-0.39, 0.29) is 17.7 Å². The number of ether oxygens (including phenoxy) is 2. The number of likely N-dealkylation sites (tertiary alicyclic amines) is 1. The third-order valence-corrected chi connectivity index (χ3v) is 8.02. The van der Waals surface area contributed by atoms with Crippen molar-refractivity contribution in [3.8, 4) is 5.75 Å². The Bertz CT molecular complexity index is 1460. The lowest BCUT2D eigenvalue weighted by atomic mass is 9.89. The highest BCUT2D eigenvalue weighted by Gasteiger charge is 2.34. The van der Waals surface area contributed by atoms with Crippen LogP contribution in [0.5, 0.6) is 5.75 Å². The molecule has 2 fully saturated rings. The van der Waals surface area contributed by atoms with Crippen LogP contribution in [0.25, 0.3) is 21.8 Å². The molecule has 2 atom stereocenters. The summed E-state index contributed by atoms with van der Waals surface area (Å²) in [5, 5.41) is 11.8. The Morgan fingerprint density at radius 3 is 2.84 bits per heavy atom. The smallest absolute Gasteiger partial charge is 0.337 e. The van der Waals surface area contributed by atoms with Gasteiger partial charge in [0.05, 0.1) is 24.3 Å². The normalized spacial score (nSPS) is 20.5. The minimum Gasteiger partial charge on any atom is -0.496 e. The summed E-state index contributed by atoms with van der Waals surface area (Å²) in [6.45, 7) is 4.54. The van der Waals surface area contributed by atoms with E-state index in [1.807, 2.05) is 24.4 Å². The van der Waals surface area contributed by atoms with Crippen LogP contribution in [0.4, 0.5) is 0 Å². The predicted octanol–water partition coefficient (Wildman–Crippen LogP) is 5.86. The fourth-order valence-electron chi connectivity index (χ4n) is 5.84. The van der Waals surface area contributed by atoms with Gasteiger partial charge < -0.3 is 19.6 Å². The van der Waals surface area contributed by atoms with Crippen molar-refractivity contribution in [2.45, 2.75) is 51.3 Å². The topological polar surface area (TPSA) is 87.7 Å². The molecule has 2 aromatic heterocycles. The Labute approximate surface area is 216 Å². The molecule has 2 N–H and O–H groups in total. The van der Waals surface area contributed by atoms with E-state index in [0.717, 1.165) is 71.8 Å². The zero-order valence-corrected chi connectivity index (χ0v) is 21.4. The standard InChI is InChI=1S/C30H33N3O4/c1-18-14-27(36-2)25(23-9-12-32-28(18)23)16-33-13-10-20(37-17-19-5-6-19)15-26(33)21-7-8-24(30(34)35)29-22(21)4-3-11-31-29/h3-4,7-9,11-12,14,19-20,26,32H,5-6,10,13,15-17H2,1-2H3,(H,34,35)/t20-,26-/m0/s1. The van der Waals surface area contributed by atoms with E-state index in [0.29, 0.717) is 5.52 Å². The highest BCUT2D eigenvalue weighted by molar-refractivity contribution is 6.02. The third-order valence-electron chi connectivity index (χ3n) is 8.02. The van der Waals surface area contributed by atoms with Crippen molar-refractivity contribution >= 4 is 27.8 Å². The monoisotopic (exact) mass is 499 g/mol. The van der Waals surface area contributed by atoms with Crippen molar-refractivity contribution in [1.82, 2.24) is 14.9 Å². The van der Waals surface area contributed by atoms with Crippen LogP contribution in [0.15, 0.2) is 48.8 Å². The lowest BCUT2D eigenvalue weighted by molar-refractivity contribution is -0.0226. The van der Waals surface area contributed by atoms with Gasteiger partial charge in [0, 0.05) is 60.0 Å². The SMILES string of the molecule is COc1cc(C)c2[nH]ccc2c1CN1CC[C@H](OCC2CC2)C[C@H]1c1ccc(C(=O)O)c2ncccc12. The molecule has 0 unspecified atom stereocenters. The zero-order valence-electron chi connectivity index (χ0n) is 21.4. The molecular formula is C30H33N3O4. The van der Waals surface area contributed by atoms with Crippen LogP contribution >= 0.6 is 0 Å². The molecule has 0 spiro atoms. The molecule has 2 aliphatic rings. The number of pyridine rings is 1. The number of carbonyl (C=O) groups is 1. The quantitative estimate of drug-likeness (QED) is 0.316. The minimum atomic E-state index is -0.958. The Morgan fingerprint density at radius 2 is 2.05 bits per heavy atom. The molecule has 4 aromatic rings. The number of aromatic carboxylic acids is 1. The van der Waals surface area contributed by atoms with Gasteiger partial charge in [-0.2, -0.15) is 0 Å². The molecule has 1 saturated heterocycles. The molecule has 2 aromatic carbocycles. The van der Waals surface area contributed by atoms with E-state index in [9.17, 15) is 9.90 Å². The zero-order chi connectivity index (χ0) is 25.5. The van der Waals surface area contributed by atoms with E-state index >= 15 is 0 Å². The van der Waals surface area contributed by atoms with Crippen molar-refractivity contribution < 1.29 is 19.4 Å². The van der Waals surface area contributed by atoms with E-state index in [4.69, 9.17) is 9.47 Å². The first-order chi connectivity index (χ1) is 18.0. The van der Waals surface area contributed by atoms with E-state index in [2.05, 4.69) is 33.9 Å². The molecule has 1 aliphatic heterocycles. The lowest BCUT2D eigenvalue weighted by Gasteiger charge is -2.40. The molecule has 0 radical (unpaired) electrons. The van der Waals surface area contributed by atoms with Crippen molar-refractivity contribution in [2.75, 3.05) is 20.3 Å². The van der Waals surface area contributed by atoms with Gasteiger partial charge in [0.25, 0.3) is 0 Å². The van der Waals surface area contributed by atoms with Gasteiger partial charge >= 0.3 is 5.97 Å². The number of aromatic nitrogens is 2. The maximum atomic E-state index is 11.9. The Morgan fingerprint density at radius 1 is 1.19 bits per heavy atom. The van der Waals surface area contributed by atoms with Crippen LogP contribution in [0, 0.1) is 12.8 Å². The van der Waals surface area contributed by atoms with Crippen molar-refractivity contribution in [1.29, 1.82) is 0 Å². The van der Waals surface area contributed by atoms with Gasteiger partial charge in [0.1, 0.15) is 5.75 Å². The molecule has 192 valence electrons. The summed E-state index contributed by atoms with van der Waals surface area (Å²) in [6, 6.07) is 11.9. The fourth-order valence-corrected chi connectivity index (χ4v) is 5.84. The predicted molar refractivity (Wildman–Crippen MR) is 143 cm³/mol. The molecule has 1 aliphatic carbocycles. The largest absolute Gasteiger partial charge is 0.496 e. The first-order valence-electron chi connectivity index (χ1n) is 13.1. The van der Waals surface area contributed by atoms with E-state index < -0.39 is 5.97 Å². The van der Waals surface area contributed by atoms with Crippen LogP contribution < -0.4 is 4.74 Å². The van der Waals surface area contributed by atoms with Gasteiger partial charge in [-0.1, -0.05) is 12.1 Å². The number of benzene rings is 2. The van der Waals surface area contributed by atoms with Crippen LogP contribution in [0.3, 0.4) is 0 Å². The van der Waals surface area contributed by atoms with Crippen molar-refractivity contribution in [3.63, 3.8) is 0 Å². The maximum absolute atomic E-state index is 11.9. The van der Waals surface area contributed by atoms with Gasteiger partial charge in [-0.05, 0) is 73.9 Å². The van der Waals surface area contributed by atoms with Gasteiger partial charge in [-0.25, -0.2) is 4.79 Å². The summed E-state index contributed by atoms with van der Waals surface area (Å²) in [5.41, 5.74) is 5.33. The molecular weight excluding hydrogens is 466 g/mol. The Hall–Kier alpha value is -3.42. The van der Waals surface area contributed by atoms with E-state index in [1.165, 1.54) is 18.2 Å².